The summed E-state index contributed by atoms with van der Waals surface area (Å²) in [5.41, 5.74) is 0. The molecule has 1 saturated heterocycles. The molecule has 2 nitrogen and oxygen atoms in total. The first-order valence-electron chi connectivity index (χ1n) is 4.12. The fourth-order valence-electron chi connectivity index (χ4n) is 1.52. The molecule has 1 fully saturated rings. The number of rotatable bonds is 1. The SMILES string of the molecule is CC1CCCC(N(C)C)N1. The van der Waals surface area contributed by atoms with Crippen LogP contribution in [-0.2, 0) is 0 Å². The van der Waals surface area contributed by atoms with Crippen molar-refractivity contribution in [2.45, 2.75) is 38.4 Å². The maximum Gasteiger partial charge on any atom is 0.0594 e. The Balaban J connectivity index is 2.32. The highest BCUT2D eigenvalue weighted by Crippen LogP contribution is 2.12. The van der Waals surface area contributed by atoms with Gasteiger partial charge in [-0.05, 0) is 40.3 Å². The molecule has 1 rings (SSSR count). The van der Waals surface area contributed by atoms with E-state index in [4.69, 9.17) is 0 Å². The van der Waals surface area contributed by atoms with Gasteiger partial charge in [-0.1, -0.05) is 0 Å². The smallest absolute Gasteiger partial charge is 0.0594 e. The zero-order chi connectivity index (χ0) is 7.56. The monoisotopic (exact) mass is 142 g/mol. The molecule has 0 spiro atoms. The number of hydrogen-bond acceptors (Lipinski definition) is 2. The van der Waals surface area contributed by atoms with Crippen molar-refractivity contribution in [3.05, 3.63) is 0 Å². The lowest BCUT2D eigenvalue weighted by molar-refractivity contribution is 0.178. The molecule has 0 aromatic carbocycles. The van der Waals surface area contributed by atoms with Crippen LogP contribution in [0.1, 0.15) is 26.2 Å². The molecular formula is C8H18N2. The molecule has 0 bridgehead atoms. The van der Waals surface area contributed by atoms with Gasteiger partial charge in [0, 0.05) is 6.04 Å². The van der Waals surface area contributed by atoms with Gasteiger partial charge < -0.3 is 0 Å². The van der Waals surface area contributed by atoms with Crippen LogP contribution in [0.2, 0.25) is 0 Å². The van der Waals surface area contributed by atoms with E-state index in [0.29, 0.717) is 12.2 Å². The van der Waals surface area contributed by atoms with E-state index in [1.165, 1.54) is 19.3 Å². The Hall–Kier alpha value is -0.0800. The van der Waals surface area contributed by atoms with Crippen LogP contribution in [0, 0.1) is 0 Å². The van der Waals surface area contributed by atoms with Crippen LogP contribution in [0.3, 0.4) is 0 Å². The van der Waals surface area contributed by atoms with Crippen molar-refractivity contribution < 1.29 is 0 Å². The molecular weight excluding hydrogens is 124 g/mol. The zero-order valence-corrected chi connectivity index (χ0v) is 7.22. The molecule has 1 aliphatic rings. The van der Waals surface area contributed by atoms with Crippen LogP contribution < -0.4 is 5.32 Å². The van der Waals surface area contributed by atoms with Gasteiger partial charge in [-0.3, -0.25) is 10.2 Å². The Morgan fingerprint density at radius 1 is 1.30 bits per heavy atom. The first kappa shape index (κ1) is 8.02. The van der Waals surface area contributed by atoms with Crippen LogP contribution in [0.25, 0.3) is 0 Å². The second kappa shape index (κ2) is 3.35. The van der Waals surface area contributed by atoms with Gasteiger partial charge in [0.2, 0.25) is 0 Å². The van der Waals surface area contributed by atoms with Gasteiger partial charge in [-0.15, -0.1) is 0 Å². The van der Waals surface area contributed by atoms with Crippen molar-refractivity contribution in [2.24, 2.45) is 0 Å². The standard InChI is InChI=1S/C8H18N2/c1-7-5-4-6-8(9-7)10(2)3/h7-9H,4-6H2,1-3H3. The van der Waals surface area contributed by atoms with E-state index in [2.05, 4.69) is 31.2 Å². The van der Waals surface area contributed by atoms with Gasteiger partial charge in [-0.25, -0.2) is 0 Å². The molecule has 1 N–H and O–H groups in total. The fourth-order valence-corrected chi connectivity index (χ4v) is 1.52. The maximum atomic E-state index is 3.54. The van der Waals surface area contributed by atoms with E-state index in [0.717, 1.165) is 0 Å². The van der Waals surface area contributed by atoms with E-state index < -0.39 is 0 Å². The Kier molecular flexibility index (Phi) is 2.69. The minimum Gasteiger partial charge on any atom is -0.299 e. The molecule has 0 aromatic heterocycles. The summed E-state index contributed by atoms with van der Waals surface area (Å²) >= 11 is 0. The first-order chi connectivity index (χ1) is 4.70. The lowest BCUT2D eigenvalue weighted by Crippen LogP contribution is -2.48. The van der Waals surface area contributed by atoms with Crippen molar-refractivity contribution in [2.75, 3.05) is 14.1 Å². The summed E-state index contributed by atoms with van der Waals surface area (Å²) < 4.78 is 0. The molecule has 0 radical (unpaired) electrons. The second-order valence-electron chi connectivity index (χ2n) is 3.48. The summed E-state index contributed by atoms with van der Waals surface area (Å²) in [6.07, 6.45) is 4.63. The van der Waals surface area contributed by atoms with Crippen LogP contribution in [-0.4, -0.2) is 31.2 Å². The first-order valence-corrected chi connectivity index (χ1v) is 4.12. The highest BCUT2D eigenvalue weighted by molar-refractivity contribution is 4.75. The predicted molar refractivity (Wildman–Crippen MR) is 43.9 cm³/mol. The quantitative estimate of drug-likeness (QED) is 0.588. The maximum absolute atomic E-state index is 3.54. The van der Waals surface area contributed by atoms with Crippen molar-refractivity contribution in [1.29, 1.82) is 0 Å². The zero-order valence-electron chi connectivity index (χ0n) is 7.22. The van der Waals surface area contributed by atoms with Gasteiger partial charge in [0.1, 0.15) is 0 Å². The molecule has 0 saturated carbocycles. The molecule has 10 heavy (non-hydrogen) atoms. The molecule has 2 heteroatoms. The third-order valence-electron chi connectivity index (χ3n) is 2.21. The second-order valence-corrected chi connectivity index (χ2v) is 3.48. The average molecular weight is 142 g/mol. The minimum absolute atomic E-state index is 0.615. The molecule has 2 atom stereocenters. The summed E-state index contributed by atoms with van der Waals surface area (Å²) in [5.74, 6) is 0. The van der Waals surface area contributed by atoms with E-state index in [1.54, 1.807) is 0 Å². The largest absolute Gasteiger partial charge is 0.299 e. The van der Waals surface area contributed by atoms with Crippen LogP contribution in [0.5, 0.6) is 0 Å². The van der Waals surface area contributed by atoms with Crippen molar-refractivity contribution in [3.8, 4) is 0 Å². The lowest BCUT2D eigenvalue weighted by Gasteiger charge is -2.33. The summed E-state index contributed by atoms with van der Waals surface area (Å²) in [6, 6.07) is 0.709. The molecule has 60 valence electrons. The molecule has 2 unspecified atom stereocenters. The van der Waals surface area contributed by atoms with Gasteiger partial charge >= 0.3 is 0 Å². The van der Waals surface area contributed by atoms with E-state index in [1.807, 2.05) is 0 Å². The van der Waals surface area contributed by atoms with Crippen LogP contribution >= 0.6 is 0 Å². The predicted octanol–water partition coefficient (Wildman–Crippen LogP) is 1.04. The highest BCUT2D eigenvalue weighted by atomic mass is 15.2. The Labute approximate surface area is 63.6 Å². The number of piperidine rings is 1. The molecule has 0 aromatic rings. The number of nitrogens with zero attached hydrogens (tertiary/aromatic N) is 1. The number of hydrogen-bond donors (Lipinski definition) is 1. The molecule has 1 heterocycles. The van der Waals surface area contributed by atoms with E-state index in [9.17, 15) is 0 Å². The van der Waals surface area contributed by atoms with Crippen molar-refractivity contribution in [3.63, 3.8) is 0 Å². The van der Waals surface area contributed by atoms with Gasteiger partial charge in [-0.2, -0.15) is 0 Å². The highest BCUT2D eigenvalue weighted by Gasteiger charge is 2.18. The summed E-state index contributed by atoms with van der Waals surface area (Å²) in [4.78, 5) is 2.26. The van der Waals surface area contributed by atoms with Crippen molar-refractivity contribution in [1.82, 2.24) is 10.2 Å². The third-order valence-corrected chi connectivity index (χ3v) is 2.21. The number of nitrogens with one attached hydrogen (secondary N) is 1. The Morgan fingerprint density at radius 3 is 2.40 bits per heavy atom. The summed E-state index contributed by atoms with van der Waals surface area (Å²) in [7, 11) is 4.27. The average Bonchev–Trinajstić information content (AvgIpc) is 1.88. The molecule has 0 amide bonds. The third kappa shape index (κ3) is 1.96. The van der Waals surface area contributed by atoms with Crippen LogP contribution in [0.15, 0.2) is 0 Å². The van der Waals surface area contributed by atoms with Crippen molar-refractivity contribution >= 4 is 0 Å². The normalized spacial score (nSPS) is 34.8. The molecule has 0 aliphatic carbocycles. The summed E-state index contributed by atoms with van der Waals surface area (Å²) in [6.45, 7) is 2.26. The fraction of sp³-hybridized carbons (Fsp3) is 1.00. The topological polar surface area (TPSA) is 15.3 Å². The lowest BCUT2D eigenvalue weighted by atomic mass is 10.0. The Bertz CT molecular complexity index is 101. The molecule has 1 aliphatic heterocycles. The van der Waals surface area contributed by atoms with E-state index in [-0.39, 0.29) is 0 Å². The van der Waals surface area contributed by atoms with Crippen LogP contribution in [0.4, 0.5) is 0 Å². The van der Waals surface area contributed by atoms with E-state index >= 15 is 0 Å². The summed E-state index contributed by atoms with van der Waals surface area (Å²) in [5, 5.41) is 3.54. The van der Waals surface area contributed by atoms with Gasteiger partial charge in [0.15, 0.2) is 0 Å². The van der Waals surface area contributed by atoms with Gasteiger partial charge in [0.25, 0.3) is 0 Å². The van der Waals surface area contributed by atoms with Gasteiger partial charge in [0.05, 0.1) is 6.17 Å². The Morgan fingerprint density at radius 2 is 2.00 bits per heavy atom. The minimum atomic E-state index is 0.615.